The zero-order valence-corrected chi connectivity index (χ0v) is 20.5. The predicted molar refractivity (Wildman–Crippen MR) is 143 cm³/mol. The highest BCUT2D eigenvalue weighted by molar-refractivity contribution is 7.96. The first kappa shape index (κ1) is 23.0. The van der Waals surface area contributed by atoms with Crippen molar-refractivity contribution in [1.29, 1.82) is 0 Å². The van der Waals surface area contributed by atoms with Crippen molar-refractivity contribution in [2.75, 3.05) is 13.7 Å². The summed E-state index contributed by atoms with van der Waals surface area (Å²) in [6.45, 7) is 0.405. The second-order valence-corrected chi connectivity index (χ2v) is 12.2. The molecule has 1 heterocycles. The standard InChI is InChI=1S/C30H27NO3P/c1-34-24-19-17-23(18-20-24)29(32)31-22-21-28(30(31)33)35(25-11-5-2-6-12-25,26-13-7-3-8-14-26)27-15-9-4-10-16-27/h2-20,28H,21-22H2,1H3/q+1. The van der Waals surface area contributed by atoms with Crippen molar-refractivity contribution in [2.45, 2.75) is 12.1 Å². The minimum atomic E-state index is -2.40. The highest BCUT2D eigenvalue weighted by Crippen LogP contribution is 2.62. The van der Waals surface area contributed by atoms with Gasteiger partial charge in [0.1, 0.15) is 28.9 Å². The van der Waals surface area contributed by atoms with Gasteiger partial charge in [0, 0.05) is 18.5 Å². The summed E-state index contributed by atoms with van der Waals surface area (Å²) in [7, 11) is -0.813. The molecular formula is C30H27NO3P+. The number of hydrogen-bond acceptors (Lipinski definition) is 3. The summed E-state index contributed by atoms with van der Waals surface area (Å²) >= 11 is 0. The van der Waals surface area contributed by atoms with E-state index in [1.165, 1.54) is 4.90 Å². The Hall–Kier alpha value is -3.75. The number of rotatable bonds is 6. The molecule has 5 heteroatoms. The molecule has 1 aliphatic rings. The van der Waals surface area contributed by atoms with Crippen molar-refractivity contribution >= 4 is 35.0 Å². The minimum absolute atomic E-state index is 0.101. The van der Waals surface area contributed by atoms with Crippen molar-refractivity contribution in [3.8, 4) is 5.75 Å². The van der Waals surface area contributed by atoms with Crippen LogP contribution in [0.1, 0.15) is 16.8 Å². The van der Waals surface area contributed by atoms with Gasteiger partial charge in [-0.2, -0.15) is 0 Å². The SMILES string of the molecule is COc1ccc(C(=O)N2CCC([P+](c3ccccc3)(c3ccccc3)c3ccccc3)C2=O)cc1. The molecule has 0 bridgehead atoms. The van der Waals surface area contributed by atoms with Crippen LogP contribution in [-0.2, 0) is 4.79 Å². The van der Waals surface area contributed by atoms with Crippen molar-refractivity contribution in [1.82, 2.24) is 4.90 Å². The van der Waals surface area contributed by atoms with Crippen molar-refractivity contribution in [2.24, 2.45) is 0 Å². The number of amides is 2. The number of methoxy groups -OCH3 is 1. The summed E-state index contributed by atoms with van der Waals surface area (Å²) in [6.07, 6.45) is 0.618. The molecule has 0 spiro atoms. The van der Waals surface area contributed by atoms with Crippen LogP contribution in [0, 0.1) is 0 Å². The fraction of sp³-hybridized carbons (Fsp3) is 0.133. The van der Waals surface area contributed by atoms with E-state index in [1.54, 1.807) is 31.4 Å². The molecule has 0 aromatic heterocycles. The maximum Gasteiger partial charge on any atom is 0.271 e. The first-order chi connectivity index (χ1) is 17.2. The van der Waals surface area contributed by atoms with Gasteiger partial charge in [-0.1, -0.05) is 54.6 Å². The Bertz CT molecular complexity index is 1210. The molecule has 174 valence electrons. The molecule has 1 unspecified atom stereocenters. The largest absolute Gasteiger partial charge is 0.497 e. The number of likely N-dealkylation sites (tertiary alicyclic amines) is 1. The molecule has 1 atom stereocenters. The lowest BCUT2D eigenvalue weighted by Gasteiger charge is -2.31. The third kappa shape index (κ3) is 4.05. The molecule has 35 heavy (non-hydrogen) atoms. The van der Waals surface area contributed by atoms with Gasteiger partial charge in [0.15, 0.2) is 5.66 Å². The predicted octanol–water partition coefficient (Wildman–Crippen LogP) is 4.43. The van der Waals surface area contributed by atoms with Gasteiger partial charge < -0.3 is 4.74 Å². The number of nitrogens with zero attached hydrogens (tertiary/aromatic N) is 1. The Morgan fingerprint density at radius 1 is 0.743 bits per heavy atom. The first-order valence-corrected chi connectivity index (χ1v) is 13.6. The molecule has 0 aliphatic carbocycles. The van der Waals surface area contributed by atoms with Gasteiger partial charge in [-0.05, 0) is 60.7 Å². The second kappa shape index (κ2) is 9.85. The molecule has 4 aromatic carbocycles. The van der Waals surface area contributed by atoms with Gasteiger partial charge in [-0.3, -0.25) is 14.5 Å². The van der Waals surface area contributed by atoms with Crippen LogP contribution in [0.4, 0.5) is 0 Å². The molecule has 4 aromatic rings. The topological polar surface area (TPSA) is 46.6 Å². The molecule has 1 aliphatic heterocycles. The van der Waals surface area contributed by atoms with Crippen LogP contribution in [0.15, 0.2) is 115 Å². The van der Waals surface area contributed by atoms with E-state index in [1.807, 2.05) is 54.6 Å². The van der Waals surface area contributed by atoms with Gasteiger partial charge in [0.2, 0.25) is 0 Å². The molecule has 5 rings (SSSR count). The lowest BCUT2D eigenvalue weighted by Crippen LogP contribution is -2.44. The van der Waals surface area contributed by atoms with Gasteiger partial charge in [0.05, 0.1) is 7.11 Å². The summed E-state index contributed by atoms with van der Waals surface area (Å²) < 4.78 is 5.22. The Balaban J connectivity index is 1.64. The van der Waals surface area contributed by atoms with E-state index in [0.29, 0.717) is 24.3 Å². The lowest BCUT2D eigenvalue weighted by molar-refractivity contribution is -0.125. The summed E-state index contributed by atoms with van der Waals surface area (Å²) in [4.78, 5) is 29.0. The van der Waals surface area contributed by atoms with Crippen LogP contribution in [0.5, 0.6) is 5.75 Å². The van der Waals surface area contributed by atoms with Crippen LogP contribution in [-0.4, -0.2) is 36.0 Å². The Labute approximate surface area is 206 Å². The van der Waals surface area contributed by atoms with E-state index in [2.05, 4.69) is 36.4 Å². The van der Waals surface area contributed by atoms with E-state index in [-0.39, 0.29) is 17.5 Å². The Kier molecular flexibility index (Phi) is 6.48. The van der Waals surface area contributed by atoms with Gasteiger partial charge >= 0.3 is 0 Å². The zero-order chi connectivity index (χ0) is 24.3. The van der Waals surface area contributed by atoms with Crippen LogP contribution in [0.25, 0.3) is 0 Å². The van der Waals surface area contributed by atoms with Gasteiger partial charge in [-0.25, -0.2) is 0 Å². The molecule has 1 saturated heterocycles. The molecule has 4 nitrogen and oxygen atoms in total. The fourth-order valence-electron chi connectivity index (χ4n) is 5.09. The van der Waals surface area contributed by atoms with Crippen LogP contribution in [0.3, 0.4) is 0 Å². The van der Waals surface area contributed by atoms with Gasteiger partial charge in [-0.15, -0.1) is 0 Å². The maximum atomic E-state index is 14.1. The van der Waals surface area contributed by atoms with Crippen LogP contribution >= 0.6 is 7.26 Å². The Morgan fingerprint density at radius 2 is 1.20 bits per heavy atom. The number of imide groups is 1. The molecule has 0 radical (unpaired) electrons. The quantitative estimate of drug-likeness (QED) is 0.303. The molecule has 1 fully saturated rings. The third-order valence-corrected chi connectivity index (χ3v) is 11.5. The lowest BCUT2D eigenvalue weighted by atomic mass is 10.2. The fourth-order valence-corrected chi connectivity index (χ4v) is 9.97. The summed E-state index contributed by atoms with van der Waals surface area (Å²) in [5.74, 6) is 0.317. The number of carbonyl (C=O) groups is 2. The smallest absolute Gasteiger partial charge is 0.271 e. The number of benzene rings is 4. The summed E-state index contributed by atoms with van der Waals surface area (Å²) in [5, 5.41) is 3.44. The van der Waals surface area contributed by atoms with E-state index >= 15 is 0 Å². The molecule has 2 amide bonds. The van der Waals surface area contributed by atoms with E-state index in [9.17, 15) is 9.59 Å². The van der Waals surface area contributed by atoms with Crippen LogP contribution < -0.4 is 20.7 Å². The average Bonchev–Trinajstić information content (AvgIpc) is 3.32. The summed E-state index contributed by atoms with van der Waals surface area (Å²) in [5.41, 5.74) is 0.166. The maximum absolute atomic E-state index is 14.1. The number of carbonyl (C=O) groups excluding carboxylic acids is 2. The van der Waals surface area contributed by atoms with Crippen molar-refractivity contribution in [3.05, 3.63) is 121 Å². The highest BCUT2D eigenvalue weighted by atomic mass is 31.2. The molecule has 0 saturated carbocycles. The normalized spacial score (nSPS) is 15.7. The second-order valence-electron chi connectivity index (χ2n) is 8.56. The van der Waals surface area contributed by atoms with E-state index in [0.717, 1.165) is 15.9 Å². The Morgan fingerprint density at radius 3 is 1.63 bits per heavy atom. The van der Waals surface area contributed by atoms with E-state index < -0.39 is 7.26 Å². The highest BCUT2D eigenvalue weighted by Gasteiger charge is 2.59. The van der Waals surface area contributed by atoms with Crippen molar-refractivity contribution in [3.63, 3.8) is 0 Å². The van der Waals surface area contributed by atoms with Crippen molar-refractivity contribution < 1.29 is 14.3 Å². The average molecular weight is 481 g/mol. The van der Waals surface area contributed by atoms with E-state index in [4.69, 9.17) is 4.74 Å². The summed E-state index contributed by atoms with van der Waals surface area (Å²) in [6, 6.07) is 38.0. The molecular weight excluding hydrogens is 453 g/mol. The minimum Gasteiger partial charge on any atom is -0.497 e. The molecule has 0 N–H and O–H groups in total. The monoisotopic (exact) mass is 480 g/mol. The van der Waals surface area contributed by atoms with Gasteiger partial charge in [0.25, 0.3) is 11.8 Å². The number of ether oxygens (including phenoxy) is 1. The zero-order valence-electron chi connectivity index (χ0n) is 19.6. The third-order valence-electron chi connectivity index (χ3n) is 6.72. The van der Waals surface area contributed by atoms with Crippen LogP contribution in [0.2, 0.25) is 0 Å². The number of hydrogen-bond donors (Lipinski definition) is 0. The first-order valence-electron chi connectivity index (χ1n) is 11.7.